The fraction of sp³-hybridized carbons (Fsp3) is 0.429. The van der Waals surface area contributed by atoms with Crippen molar-refractivity contribution in [3.63, 3.8) is 0 Å². The predicted molar refractivity (Wildman–Crippen MR) is 101 cm³/mol. The Hall–Kier alpha value is -2.76. The first kappa shape index (κ1) is 19.0. The Morgan fingerprint density at radius 3 is 2.74 bits per heavy atom. The third-order valence-electron chi connectivity index (χ3n) is 5.05. The topological polar surface area (TPSA) is 80.6 Å². The third-order valence-corrected chi connectivity index (χ3v) is 5.05. The van der Waals surface area contributed by atoms with Gasteiger partial charge in [-0.1, -0.05) is 12.1 Å². The average molecular weight is 370 g/mol. The molecule has 2 aromatic rings. The molecule has 6 nitrogen and oxygen atoms in total. The Kier molecular flexibility index (Phi) is 6.16. The number of carbonyl (C=O) groups excluding carboxylic acids is 2. The lowest BCUT2D eigenvalue weighted by Gasteiger charge is -2.28. The number of carbonyl (C=O) groups is 2. The van der Waals surface area contributed by atoms with Crippen molar-refractivity contribution in [2.24, 2.45) is 0 Å². The van der Waals surface area contributed by atoms with Gasteiger partial charge < -0.3 is 19.8 Å². The molecule has 1 aliphatic heterocycles. The fourth-order valence-electron chi connectivity index (χ4n) is 3.51. The normalized spacial score (nSPS) is 18.9. The zero-order valence-electron chi connectivity index (χ0n) is 15.6. The van der Waals surface area contributed by atoms with E-state index >= 15 is 0 Å². The Morgan fingerprint density at radius 2 is 2.11 bits per heavy atom. The highest BCUT2D eigenvalue weighted by molar-refractivity contribution is 5.80. The van der Waals surface area contributed by atoms with Crippen molar-refractivity contribution in [3.8, 4) is 5.75 Å². The number of benzene rings is 1. The van der Waals surface area contributed by atoms with Crippen LogP contribution in [0.3, 0.4) is 0 Å². The number of nitrogens with one attached hydrogen (secondary N) is 2. The molecule has 2 N–H and O–H groups in total. The van der Waals surface area contributed by atoms with Crippen molar-refractivity contribution in [2.45, 2.75) is 44.1 Å². The van der Waals surface area contributed by atoms with Gasteiger partial charge in [0.25, 0.3) is 0 Å². The summed E-state index contributed by atoms with van der Waals surface area (Å²) in [5.41, 5.74) is 0.760. The van der Waals surface area contributed by atoms with E-state index in [9.17, 15) is 9.59 Å². The molecule has 0 spiro atoms. The van der Waals surface area contributed by atoms with E-state index in [0.717, 1.165) is 29.9 Å². The number of hydrogen-bond donors (Lipinski definition) is 2. The van der Waals surface area contributed by atoms with Crippen LogP contribution in [-0.4, -0.2) is 31.0 Å². The van der Waals surface area contributed by atoms with E-state index < -0.39 is 0 Å². The summed E-state index contributed by atoms with van der Waals surface area (Å²) in [6.45, 7) is 0.586. The van der Waals surface area contributed by atoms with Crippen molar-refractivity contribution >= 4 is 11.8 Å². The number of amides is 2. The smallest absolute Gasteiger partial charge is 0.220 e. The van der Waals surface area contributed by atoms with E-state index in [4.69, 9.17) is 9.15 Å². The summed E-state index contributed by atoms with van der Waals surface area (Å²) in [7, 11) is 1.64. The SMILES string of the molecule is COc1ccc(CCNC(=O)CCC2(Cc3ccco3)CCC(=O)N2)cc1. The summed E-state index contributed by atoms with van der Waals surface area (Å²) in [6, 6.07) is 11.6. The highest BCUT2D eigenvalue weighted by atomic mass is 16.5. The van der Waals surface area contributed by atoms with Crippen molar-refractivity contribution < 1.29 is 18.7 Å². The van der Waals surface area contributed by atoms with Crippen LogP contribution in [-0.2, 0) is 22.4 Å². The maximum absolute atomic E-state index is 12.2. The minimum Gasteiger partial charge on any atom is -0.497 e. The Morgan fingerprint density at radius 1 is 1.30 bits per heavy atom. The summed E-state index contributed by atoms with van der Waals surface area (Å²) in [5, 5.41) is 6.03. The molecular formula is C21H26N2O4. The van der Waals surface area contributed by atoms with Gasteiger partial charge in [-0.3, -0.25) is 9.59 Å². The van der Waals surface area contributed by atoms with Gasteiger partial charge in [0, 0.05) is 31.3 Å². The molecule has 0 bridgehead atoms. The highest BCUT2D eigenvalue weighted by Crippen LogP contribution is 2.29. The van der Waals surface area contributed by atoms with Gasteiger partial charge in [0.2, 0.25) is 11.8 Å². The zero-order valence-corrected chi connectivity index (χ0v) is 15.6. The van der Waals surface area contributed by atoms with Crippen LogP contribution >= 0.6 is 0 Å². The van der Waals surface area contributed by atoms with Crippen molar-refractivity contribution in [1.29, 1.82) is 0 Å². The molecule has 1 saturated heterocycles. The fourth-order valence-corrected chi connectivity index (χ4v) is 3.51. The number of hydrogen-bond acceptors (Lipinski definition) is 4. The largest absolute Gasteiger partial charge is 0.497 e. The van der Waals surface area contributed by atoms with Gasteiger partial charge in [-0.25, -0.2) is 0 Å². The van der Waals surface area contributed by atoms with Gasteiger partial charge in [-0.2, -0.15) is 0 Å². The first-order chi connectivity index (χ1) is 13.1. The van der Waals surface area contributed by atoms with Crippen molar-refractivity contribution in [1.82, 2.24) is 10.6 Å². The second-order valence-electron chi connectivity index (χ2n) is 7.03. The highest BCUT2D eigenvalue weighted by Gasteiger charge is 2.38. The maximum atomic E-state index is 12.2. The standard InChI is InChI=1S/C21H26N2O4/c1-26-17-6-4-16(5-7-17)10-13-22-19(24)8-11-21(12-9-20(25)23-21)15-18-3-2-14-27-18/h2-7,14H,8-13,15H2,1H3,(H,22,24)(H,23,25). The Labute approximate surface area is 159 Å². The van der Waals surface area contributed by atoms with Crippen LogP contribution in [0.4, 0.5) is 0 Å². The summed E-state index contributed by atoms with van der Waals surface area (Å²) in [6.07, 6.45) is 5.23. The summed E-state index contributed by atoms with van der Waals surface area (Å²) >= 11 is 0. The predicted octanol–water partition coefficient (Wildman–Crippen LogP) is 2.62. The monoisotopic (exact) mass is 370 g/mol. The number of rotatable bonds is 9. The van der Waals surface area contributed by atoms with Gasteiger partial charge in [-0.05, 0) is 49.1 Å². The lowest BCUT2D eigenvalue weighted by Crippen LogP contribution is -2.44. The first-order valence-electron chi connectivity index (χ1n) is 9.32. The van der Waals surface area contributed by atoms with Gasteiger partial charge in [-0.15, -0.1) is 0 Å². The summed E-state index contributed by atoms with van der Waals surface area (Å²) in [4.78, 5) is 24.0. The second kappa shape index (κ2) is 8.75. The molecule has 2 amide bonds. The zero-order chi connectivity index (χ0) is 19.1. The lowest BCUT2D eigenvalue weighted by atomic mass is 9.87. The molecule has 1 unspecified atom stereocenters. The molecule has 1 aromatic carbocycles. The molecule has 2 heterocycles. The van der Waals surface area contributed by atoms with Gasteiger partial charge in [0.15, 0.2) is 0 Å². The van der Waals surface area contributed by atoms with E-state index in [1.165, 1.54) is 0 Å². The van der Waals surface area contributed by atoms with E-state index in [0.29, 0.717) is 32.2 Å². The lowest BCUT2D eigenvalue weighted by molar-refractivity contribution is -0.122. The first-order valence-corrected chi connectivity index (χ1v) is 9.32. The van der Waals surface area contributed by atoms with E-state index in [1.807, 2.05) is 36.4 Å². The second-order valence-corrected chi connectivity index (χ2v) is 7.03. The van der Waals surface area contributed by atoms with E-state index in [1.54, 1.807) is 13.4 Å². The van der Waals surface area contributed by atoms with Gasteiger partial charge >= 0.3 is 0 Å². The minimum absolute atomic E-state index is 0.00322. The molecule has 0 radical (unpaired) electrons. The number of methoxy groups -OCH3 is 1. The molecule has 6 heteroatoms. The molecule has 27 heavy (non-hydrogen) atoms. The van der Waals surface area contributed by atoms with Crippen LogP contribution in [0.25, 0.3) is 0 Å². The summed E-state index contributed by atoms with van der Waals surface area (Å²) < 4.78 is 10.6. The number of furan rings is 1. The molecule has 0 aliphatic carbocycles. The van der Waals surface area contributed by atoms with E-state index in [2.05, 4.69) is 10.6 Å². The van der Waals surface area contributed by atoms with Crippen LogP contribution in [0.1, 0.15) is 37.0 Å². The average Bonchev–Trinajstić information content (AvgIpc) is 3.31. The van der Waals surface area contributed by atoms with Gasteiger partial charge in [0.1, 0.15) is 11.5 Å². The van der Waals surface area contributed by atoms with Crippen LogP contribution < -0.4 is 15.4 Å². The third kappa shape index (κ3) is 5.36. The molecule has 0 saturated carbocycles. The van der Waals surface area contributed by atoms with Gasteiger partial charge in [0.05, 0.1) is 13.4 Å². The molecule has 1 atom stereocenters. The molecule has 1 aromatic heterocycles. The molecule has 1 fully saturated rings. The summed E-state index contributed by atoms with van der Waals surface area (Å²) in [5.74, 6) is 1.70. The minimum atomic E-state index is -0.387. The molecule has 1 aliphatic rings. The van der Waals surface area contributed by atoms with Crippen molar-refractivity contribution in [3.05, 3.63) is 54.0 Å². The van der Waals surface area contributed by atoms with Crippen LogP contribution in [0, 0.1) is 0 Å². The quantitative estimate of drug-likeness (QED) is 0.711. The van der Waals surface area contributed by atoms with E-state index in [-0.39, 0.29) is 17.4 Å². The molecular weight excluding hydrogens is 344 g/mol. The van der Waals surface area contributed by atoms with Crippen LogP contribution in [0.5, 0.6) is 5.75 Å². The molecule has 3 rings (SSSR count). The van der Waals surface area contributed by atoms with Crippen molar-refractivity contribution in [2.75, 3.05) is 13.7 Å². The number of ether oxygens (including phenoxy) is 1. The Bertz CT molecular complexity index is 755. The Balaban J connectivity index is 1.45. The molecule has 144 valence electrons. The van der Waals surface area contributed by atoms with Crippen LogP contribution in [0.15, 0.2) is 47.1 Å². The maximum Gasteiger partial charge on any atom is 0.220 e. The van der Waals surface area contributed by atoms with Crippen LogP contribution in [0.2, 0.25) is 0 Å².